The van der Waals surface area contributed by atoms with Crippen LogP contribution in [0.2, 0.25) is 0 Å². The summed E-state index contributed by atoms with van der Waals surface area (Å²) in [5, 5.41) is 3.64. The van der Waals surface area contributed by atoms with Crippen LogP contribution in [0.3, 0.4) is 0 Å². The molecule has 0 radical (unpaired) electrons. The molecule has 1 saturated carbocycles. The van der Waals surface area contributed by atoms with Crippen molar-refractivity contribution in [3.8, 4) is 0 Å². The maximum Gasteiger partial charge on any atom is 0.128 e. The Morgan fingerprint density at radius 2 is 2.10 bits per heavy atom. The molecule has 0 saturated heterocycles. The van der Waals surface area contributed by atoms with Gasteiger partial charge in [-0.3, -0.25) is 0 Å². The van der Waals surface area contributed by atoms with E-state index in [1.54, 1.807) is 0 Å². The van der Waals surface area contributed by atoms with Crippen molar-refractivity contribution in [3.63, 3.8) is 0 Å². The lowest BCUT2D eigenvalue weighted by Gasteiger charge is -2.42. The van der Waals surface area contributed by atoms with Crippen LogP contribution in [0.4, 0.5) is 0 Å². The molecular weight excluding hydrogens is 250 g/mol. The molecule has 114 valence electrons. The fourth-order valence-electron chi connectivity index (χ4n) is 3.49. The zero-order chi connectivity index (χ0) is 14.4. The van der Waals surface area contributed by atoms with Gasteiger partial charge in [0.2, 0.25) is 0 Å². The summed E-state index contributed by atoms with van der Waals surface area (Å²) < 4.78 is 8.32. The van der Waals surface area contributed by atoms with Crippen molar-refractivity contribution < 1.29 is 4.74 Å². The van der Waals surface area contributed by atoms with Crippen LogP contribution in [0.25, 0.3) is 0 Å². The van der Waals surface area contributed by atoms with E-state index in [0.717, 1.165) is 38.2 Å². The maximum absolute atomic E-state index is 6.03. The Hall–Kier alpha value is -0.870. The first-order chi connectivity index (χ1) is 9.77. The van der Waals surface area contributed by atoms with Crippen LogP contribution in [-0.2, 0) is 11.3 Å². The molecule has 1 N–H and O–H groups in total. The van der Waals surface area contributed by atoms with Crippen molar-refractivity contribution in [1.29, 1.82) is 0 Å². The van der Waals surface area contributed by atoms with Gasteiger partial charge in [0.25, 0.3) is 0 Å². The van der Waals surface area contributed by atoms with Gasteiger partial charge in [-0.2, -0.15) is 0 Å². The Labute approximate surface area is 122 Å². The molecule has 0 amide bonds. The highest BCUT2D eigenvalue weighted by molar-refractivity contribution is 5.09. The summed E-state index contributed by atoms with van der Waals surface area (Å²) in [6, 6.07) is 0.194. The van der Waals surface area contributed by atoms with E-state index in [0.29, 0.717) is 0 Å². The van der Waals surface area contributed by atoms with Crippen LogP contribution in [-0.4, -0.2) is 28.8 Å². The largest absolute Gasteiger partial charge is 0.376 e. The Kier molecular flexibility index (Phi) is 5.61. The van der Waals surface area contributed by atoms with Gasteiger partial charge in [-0.15, -0.1) is 0 Å². The molecule has 1 aromatic heterocycles. The van der Waals surface area contributed by atoms with E-state index in [1.165, 1.54) is 19.3 Å². The van der Waals surface area contributed by atoms with Gasteiger partial charge in [-0.05, 0) is 25.8 Å². The lowest BCUT2D eigenvalue weighted by atomic mass is 9.78. The second-order valence-corrected chi connectivity index (χ2v) is 5.80. The second-order valence-electron chi connectivity index (χ2n) is 5.80. The molecule has 1 atom stereocenters. The summed E-state index contributed by atoms with van der Waals surface area (Å²) in [6.45, 7) is 6.33. The van der Waals surface area contributed by atoms with E-state index in [4.69, 9.17) is 4.74 Å². The first kappa shape index (κ1) is 15.5. The normalized spacial score (nSPS) is 19.9. The van der Waals surface area contributed by atoms with Crippen molar-refractivity contribution in [2.24, 2.45) is 0 Å². The summed E-state index contributed by atoms with van der Waals surface area (Å²) in [6.07, 6.45) is 11.2. The van der Waals surface area contributed by atoms with Crippen LogP contribution >= 0.6 is 0 Å². The second kappa shape index (κ2) is 7.23. The minimum absolute atomic E-state index is 0.0922. The lowest BCUT2D eigenvalue weighted by molar-refractivity contribution is -0.0711. The zero-order valence-corrected chi connectivity index (χ0v) is 13.2. The Balaban J connectivity index is 2.30. The number of likely N-dealkylation sites (N-methyl/N-ethyl adjacent to an activating group) is 1. The first-order valence-electron chi connectivity index (χ1n) is 8.07. The molecule has 20 heavy (non-hydrogen) atoms. The third-order valence-corrected chi connectivity index (χ3v) is 4.51. The topological polar surface area (TPSA) is 39.1 Å². The van der Waals surface area contributed by atoms with Gasteiger partial charge in [-0.1, -0.05) is 33.1 Å². The highest BCUT2D eigenvalue weighted by Gasteiger charge is 2.42. The van der Waals surface area contributed by atoms with E-state index < -0.39 is 0 Å². The molecule has 4 nitrogen and oxygen atoms in total. The molecule has 1 aliphatic carbocycles. The number of aromatic nitrogens is 2. The molecule has 4 heteroatoms. The van der Waals surface area contributed by atoms with Crippen LogP contribution in [0.15, 0.2) is 12.4 Å². The van der Waals surface area contributed by atoms with Gasteiger partial charge in [0, 0.05) is 26.0 Å². The summed E-state index contributed by atoms with van der Waals surface area (Å²) in [5.41, 5.74) is -0.0922. The third kappa shape index (κ3) is 3.07. The third-order valence-electron chi connectivity index (χ3n) is 4.51. The smallest absolute Gasteiger partial charge is 0.128 e. The van der Waals surface area contributed by atoms with E-state index in [9.17, 15) is 0 Å². The summed E-state index contributed by atoms with van der Waals surface area (Å²) in [4.78, 5) is 4.64. The number of aryl methyl sites for hydroxylation is 1. The monoisotopic (exact) mass is 279 g/mol. The van der Waals surface area contributed by atoms with Gasteiger partial charge in [0.15, 0.2) is 0 Å². The number of hydrogen-bond donors (Lipinski definition) is 1. The van der Waals surface area contributed by atoms with Crippen LogP contribution < -0.4 is 5.32 Å². The maximum atomic E-state index is 6.03. The van der Waals surface area contributed by atoms with Gasteiger partial charge in [0.1, 0.15) is 5.82 Å². The molecular formula is C16H29N3O. The van der Waals surface area contributed by atoms with E-state index in [1.807, 2.05) is 13.3 Å². The van der Waals surface area contributed by atoms with Crippen LogP contribution in [0, 0.1) is 0 Å². The number of hydrogen-bond acceptors (Lipinski definition) is 3. The molecule has 2 rings (SSSR count). The molecule has 1 aliphatic rings. The standard InChI is InChI=1S/C16H29N3O/c1-4-12-19-13-11-18-15(19)14(17-5-2)16(20-3)9-7-6-8-10-16/h11,13-14,17H,4-10,12H2,1-3H3. The van der Waals surface area contributed by atoms with Gasteiger partial charge >= 0.3 is 0 Å². The summed E-state index contributed by atoms with van der Waals surface area (Å²) in [7, 11) is 1.86. The van der Waals surface area contributed by atoms with E-state index >= 15 is 0 Å². The van der Waals surface area contributed by atoms with Crippen LogP contribution in [0.5, 0.6) is 0 Å². The lowest BCUT2D eigenvalue weighted by Crippen LogP contribution is -2.48. The van der Waals surface area contributed by atoms with Crippen molar-refractivity contribution in [3.05, 3.63) is 18.2 Å². The Morgan fingerprint density at radius 1 is 1.35 bits per heavy atom. The molecule has 1 aromatic rings. The van der Waals surface area contributed by atoms with Crippen molar-refractivity contribution in [2.45, 2.75) is 70.6 Å². The quantitative estimate of drug-likeness (QED) is 0.832. The molecule has 1 fully saturated rings. The number of nitrogens with zero attached hydrogens (tertiary/aromatic N) is 2. The van der Waals surface area contributed by atoms with Gasteiger partial charge in [-0.25, -0.2) is 4.98 Å². The predicted octanol–water partition coefficient (Wildman–Crippen LogP) is 3.29. The van der Waals surface area contributed by atoms with Crippen molar-refractivity contribution in [2.75, 3.05) is 13.7 Å². The summed E-state index contributed by atoms with van der Waals surface area (Å²) >= 11 is 0. The fourth-order valence-corrected chi connectivity index (χ4v) is 3.49. The predicted molar refractivity (Wildman–Crippen MR) is 81.8 cm³/mol. The average molecular weight is 279 g/mol. The van der Waals surface area contributed by atoms with E-state index in [-0.39, 0.29) is 11.6 Å². The number of imidazole rings is 1. The van der Waals surface area contributed by atoms with Gasteiger partial charge < -0.3 is 14.6 Å². The minimum atomic E-state index is -0.0922. The molecule has 1 heterocycles. The zero-order valence-electron chi connectivity index (χ0n) is 13.2. The highest BCUT2D eigenvalue weighted by Crippen LogP contribution is 2.40. The van der Waals surface area contributed by atoms with Crippen molar-refractivity contribution in [1.82, 2.24) is 14.9 Å². The van der Waals surface area contributed by atoms with Gasteiger partial charge in [0.05, 0.1) is 11.6 Å². The van der Waals surface area contributed by atoms with Crippen molar-refractivity contribution >= 4 is 0 Å². The Bertz CT molecular complexity index is 396. The molecule has 0 bridgehead atoms. The molecule has 1 unspecified atom stereocenters. The first-order valence-corrected chi connectivity index (χ1v) is 8.07. The molecule has 0 aromatic carbocycles. The number of ether oxygens (including phenoxy) is 1. The minimum Gasteiger partial charge on any atom is -0.376 e. The highest BCUT2D eigenvalue weighted by atomic mass is 16.5. The molecule has 0 aliphatic heterocycles. The SMILES string of the molecule is CCCn1ccnc1C(NCC)C1(OC)CCCCC1. The average Bonchev–Trinajstić information content (AvgIpc) is 2.94. The number of rotatable bonds is 7. The molecule has 0 spiro atoms. The summed E-state index contributed by atoms with van der Waals surface area (Å²) in [5.74, 6) is 1.14. The number of methoxy groups -OCH3 is 1. The fraction of sp³-hybridized carbons (Fsp3) is 0.812. The Morgan fingerprint density at radius 3 is 2.70 bits per heavy atom. The van der Waals surface area contributed by atoms with Crippen LogP contribution in [0.1, 0.15) is 64.2 Å². The number of nitrogens with one attached hydrogen (secondary N) is 1. The van der Waals surface area contributed by atoms with E-state index in [2.05, 4.69) is 34.9 Å².